The molecule has 1 aliphatic heterocycles. The SMILES string of the molecule is O=C(Cc1ccc2c(c1)CCO2)NCc1ccccn1. The molecule has 20 heavy (non-hydrogen) atoms. The van der Waals surface area contributed by atoms with Gasteiger partial charge in [-0.1, -0.05) is 18.2 Å². The number of hydrogen-bond acceptors (Lipinski definition) is 3. The van der Waals surface area contributed by atoms with Gasteiger partial charge in [0.15, 0.2) is 0 Å². The molecule has 1 aliphatic rings. The molecule has 1 aromatic heterocycles. The van der Waals surface area contributed by atoms with Gasteiger partial charge >= 0.3 is 0 Å². The summed E-state index contributed by atoms with van der Waals surface area (Å²) in [7, 11) is 0. The molecule has 3 rings (SSSR count). The third kappa shape index (κ3) is 2.96. The van der Waals surface area contributed by atoms with Gasteiger partial charge in [-0.05, 0) is 29.3 Å². The summed E-state index contributed by atoms with van der Waals surface area (Å²) < 4.78 is 5.45. The van der Waals surface area contributed by atoms with Crippen molar-refractivity contribution in [2.24, 2.45) is 0 Å². The van der Waals surface area contributed by atoms with Crippen molar-refractivity contribution in [3.05, 3.63) is 59.4 Å². The lowest BCUT2D eigenvalue weighted by Gasteiger charge is -2.06. The van der Waals surface area contributed by atoms with Crippen molar-refractivity contribution in [1.82, 2.24) is 10.3 Å². The van der Waals surface area contributed by atoms with Crippen molar-refractivity contribution in [3.63, 3.8) is 0 Å². The molecule has 2 heterocycles. The quantitative estimate of drug-likeness (QED) is 0.921. The van der Waals surface area contributed by atoms with Crippen LogP contribution in [0.25, 0.3) is 0 Å². The number of aromatic nitrogens is 1. The van der Waals surface area contributed by atoms with E-state index in [2.05, 4.69) is 16.4 Å². The summed E-state index contributed by atoms with van der Waals surface area (Å²) in [4.78, 5) is 16.1. The summed E-state index contributed by atoms with van der Waals surface area (Å²) in [5.74, 6) is 0.956. The van der Waals surface area contributed by atoms with E-state index in [0.717, 1.165) is 30.0 Å². The highest BCUT2D eigenvalue weighted by molar-refractivity contribution is 5.78. The largest absolute Gasteiger partial charge is 0.493 e. The molecule has 1 amide bonds. The fourth-order valence-electron chi connectivity index (χ4n) is 2.29. The molecule has 1 N–H and O–H groups in total. The van der Waals surface area contributed by atoms with Crippen LogP contribution in [0.15, 0.2) is 42.6 Å². The molecule has 4 heteroatoms. The van der Waals surface area contributed by atoms with Crippen LogP contribution in [-0.2, 0) is 24.2 Å². The second-order valence-electron chi connectivity index (χ2n) is 4.82. The monoisotopic (exact) mass is 268 g/mol. The lowest BCUT2D eigenvalue weighted by atomic mass is 10.1. The molecule has 0 bridgehead atoms. The maximum Gasteiger partial charge on any atom is 0.224 e. The van der Waals surface area contributed by atoms with Gasteiger partial charge < -0.3 is 10.1 Å². The number of benzene rings is 1. The fourth-order valence-corrected chi connectivity index (χ4v) is 2.29. The van der Waals surface area contributed by atoms with E-state index in [-0.39, 0.29) is 5.91 Å². The van der Waals surface area contributed by atoms with E-state index in [4.69, 9.17) is 4.74 Å². The Labute approximate surface area is 117 Å². The number of nitrogens with zero attached hydrogens (tertiary/aromatic N) is 1. The number of nitrogens with one attached hydrogen (secondary N) is 1. The number of carbonyl (C=O) groups excluding carboxylic acids is 1. The summed E-state index contributed by atoms with van der Waals surface area (Å²) in [6.07, 6.45) is 3.04. The number of amides is 1. The number of hydrogen-bond donors (Lipinski definition) is 1. The summed E-state index contributed by atoms with van der Waals surface area (Å²) in [6.45, 7) is 1.21. The standard InChI is InChI=1S/C16H16N2O2/c19-16(18-11-14-3-1-2-7-17-14)10-12-4-5-15-13(9-12)6-8-20-15/h1-5,7,9H,6,8,10-11H2,(H,18,19). The number of ether oxygens (including phenoxy) is 1. The molecule has 4 nitrogen and oxygen atoms in total. The van der Waals surface area contributed by atoms with E-state index in [1.807, 2.05) is 30.3 Å². The molecule has 0 saturated heterocycles. The Balaban J connectivity index is 1.56. The highest BCUT2D eigenvalue weighted by Crippen LogP contribution is 2.25. The van der Waals surface area contributed by atoms with Gasteiger partial charge in [0, 0.05) is 12.6 Å². The fraction of sp³-hybridized carbons (Fsp3) is 0.250. The van der Waals surface area contributed by atoms with Crippen molar-refractivity contribution in [2.75, 3.05) is 6.61 Å². The van der Waals surface area contributed by atoms with Crippen molar-refractivity contribution in [2.45, 2.75) is 19.4 Å². The van der Waals surface area contributed by atoms with E-state index >= 15 is 0 Å². The predicted molar refractivity (Wildman–Crippen MR) is 75.4 cm³/mol. The van der Waals surface area contributed by atoms with Crippen molar-refractivity contribution in [1.29, 1.82) is 0 Å². The van der Waals surface area contributed by atoms with Crippen LogP contribution in [-0.4, -0.2) is 17.5 Å². The van der Waals surface area contributed by atoms with Crippen LogP contribution in [0.4, 0.5) is 0 Å². The minimum Gasteiger partial charge on any atom is -0.493 e. The van der Waals surface area contributed by atoms with Crippen LogP contribution in [0.2, 0.25) is 0 Å². The molecule has 2 aromatic rings. The molecule has 0 unspecified atom stereocenters. The first-order valence-corrected chi connectivity index (χ1v) is 6.72. The minimum absolute atomic E-state index is 0.00881. The lowest BCUT2D eigenvalue weighted by Crippen LogP contribution is -2.24. The molecule has 0 fully saturated rings. The average molecular weight is 268 g/mol. The van der Waals surface area contributed by atoms with Crippen LogP contribution in [0.1, 0.15) is 16.8 Å². The topological polar surface area (TPSA) is 51.2 Å². The van der Waals surface area contributed by atoms with E-state index in [1.165, 1.54) is 5.56 Å². The maximum absolute atomic E-state index is 11.9. The van der Waals surface area contributed by atoms with Gasteiger partial charge in [0.2, 0.25) is 5.91 Å². The molecule has 1 aromatic carbocycles. The van der Waals surface area contributed by atoms with Crippen LogP contribution in [0.5, 0.6) is 5.75 Å². The van der Waals surface area contributed by atoms with Gasteiger partial charge in [-0.25, -0.2) is 0 Å². The Morgan fingerprint density at radius 3 is 3.10 bits per heavy atom. The Bertz CT molecular complexity index is 611. The van der Waals surface area contributed by atoms with Crippen LogP contribution in [0.3, 0.4) is 0 Å². The third-order valence-corrected chi connectivity index (χ3v) is 3.31. The average Bonchev–Trinajstić information content (AvgIpc) is 2.94. The first kappa shape index (κ1) is 12.7. The number of pyridine rings is 1. The summed E-state index contributed by atoms with van der Waals surface area (Å²) in [6, 6.07) is 11.6. The zero-order valence-electron chi connectivity index (χ0n) is 11.1. The van der Waals surface area contributed by atoms with Crippen LogP contribution >= 0.6 is 0 Å². The second kappa shape index (κ2) is 5.74. The molecule has 0 saturated carbocycles. The Kier molecular flexibility index (Phi) is 3.63. The Morgan fingerprint density at radius 2 is 2.25 bits per heavy atom. The predicted octanol–water partition coefficient (Wildman–Crippen LogP) is 1.88. The Hall–Kier alpha value is -2.36. The third-order valence-electron chi connectivity index (χ3n) is 3.31. The van der Waals surface area contributed by atoms with Crippen molar-refractivity contribution in [3.8, 4) is 5.75 Å². The zero-order valence-corrected chi connectivity index (χ0v) is 11.1. The summed E-state index contributed by atoms with van der Waals surface area (Å²) in [5.41, 5.74) is 3.08. The molecule has 0 atom stereocenters. The van der Waals surface area contributed by atoms with Gasteiger partial charge in [0.25, 0.3) is 0 Å². The molecular formula is C16H16N2O2. The van der Waals surface area contributed by atoms with Gasteiger partial charge in [0.1, 0.15) is 5.75 Å². The number of fused-ring (bicyclic) bond motifs is 1. The van der Waals surface area contributed by atoms with E-state index < -0.39 is 0 Å². The lowest BCUT2D eigenvalue weighted by molar-refractivity contribution is -0.120. The minimum atomic E-state index is 0.00881. The second-order valence-corrected chi connectivity index (χ2v) is 4.82. The molecular weight excluding hydrogens is 252 g/mol. The van der Waals surface area contributed by atoms with E-state index in [0.29, 0.717) is 13.0 Å². The molecule has 0 aliphatic carbocycles. The first-order valence-electron chi connectivity index (χ1n) is 6.72. The van der Waals surface area contributed by atoms with Gasteiger partial charge in [-0.2, -0.15) is 0 Å². The van der Waals surface area contributed by atoms with Gasteiger partial charge in [-0.3, -0.25) is 9.78 Å². The van der Waals surface area contributed by atoms with Gasteiger partial charge in [-0.15, -0.1) is 0 Å². The van der Waals surface area contributed by atoms with Crippen LogP contribution < -0.4 is 10.1 Å². The molecule has 0 spiro atoms. The smallest absolute Gasteiger partial charge is 0.224 e. The Morgan fingerprint density at radius 1 is 1.30 bits per heavy atom. The van der Waals surface area contributed by atoms with Crippen molar-refractivity contribution < 1.29 is 9.53 Å². The molecule has 0 radical (unpaired) electrons. The highest BCUT2D eigenvalue weighted by atomic mass is 16.5. The molecule has 102 valence electrons. The summed E-state index contributed by atoms with van der Waals surface area (Å²) in [5, 5.41) is 2.88. The first-order chi connectivity index (χ1) is 9.81. The summed E-state index contributed by atoms with van der Waals surface area (Å²) >= 11 is 0. The zero-order chi connectivity index (χ0) is 13.8. The number of carbonyl (C=O) groups is 1. The van der Waals surface area contributed by atoms with Crippen molar-refractivity contribution >= 4 is 5.91 Å². The number of rotatable bonds is 4. The van der Waals surface area contributed by atoms with Gasteiger partial charge in [0.05, 0.1) is 25.3 Å². The maximum atomic E-state index is 11.9. The van der Waals surface area contributed by atoms with Crippen LogP contribution in [0, 0.1) is 0 Å². The van der Waals surface area contributed by atoms with E-state index in [1.54, 1.807) is 6.20 Å². The highest BCUT2D eigenvalue weighted by Gasteiger charge is 2.13. The normalized spacial score (nSPS) is 12.6. The van der Waals surface area contributed by atoms with E-state index in [9.17, 15) is 4.79 Å².